The first kappa shape index (κ1) is 16.2. The third-order valence-corrected chi connectivity index (χ3v) is 6.25. The molecule has 20 heavy (non-hydrogen) atoms. The van der Waals surface area contributed by atoms with Gasteiger partial charge in [-0.15, -0.1) is 0 Å². The van der Waals surface area contributed by atoms with Crippen LogP contribution in [-0.2, 0) is 14.9 Å². The molecule has 2 atom stereocenters. The molecule has 2 rings (SSSR count). The van der Waals surface area contributed by atoms with Crippen molar-refractivity contribution in [1.29, 1.82) is 0 Å². The van der Waals surface area contributed by atoms with Crippen LogP contribution in [0.3, 0.4) is 0 Å². The number of ether oxygens (including phenoxy) is 1. The van der Waals surface area contributed by atoms with Crippen LogP contribution in [-0.4, -0.2) is 55.8 Å². The van der Waals surface area contributed by atoms with Crippen LogP contribution >= 0.6 is 0 Å². The lowest BCUT2D eigenvalue weighted by atomic mass is 9.96. The number of nitrogens with one attached hydrogen (secondary N) is 1. The molecule has 0 spiro atoms. The summed E-state index contributed by atoms with van der Waals surface area (Å²) in [5, 5.41) is 10.3. The summed E-state index contributed by atoms with van der Waals surface area (Å²) in [4.78, 5) is 0. The van der Waals surface area contributed by atoms with Crippen molar-refractivity contribution >= 4 is 10.2 Å². The minimum atomic E-state index is -3.54. The van der Waals surface area contributed by atoms with Gasteiger partial charge in [-0.25, -0.2) is 0 Å². The predicted molar refractivity (Wildman–Crippen MR) is 76.5 cm³/mol. The third-order valence-electron chi connectivity index (χ3n) is 4.69. The van der Waals surface area contributed by atoms with Crippen molar-refractivity contribution in [2.45, 2.75) is 63.2 Å². The molecule has 2 aliphatic rings. The Balaban J connectivity index is 1.93. The van der Waals surface area contributed by atoms with Gasteiger partial charge in [-0.3, -0.25) is 0 Å². The van der Waals surface area contributed by atoms with Crippen molar-refractivity contribution in [2.24, 2.45) is 0 Å². The molecule has 0 aromatic carbocycles. The Morgan fingerprint density at radius 1 is 1.35 bits per heavy atom. The van der Waals surface area contributed by atoms with Crippen LogP contribution in [0.25, 0.3) is 0 Å². The van der Waals surface area contributed by atoms with E-state index in [4.69, 9.17) is 4.74 Å². The standard InChI is InChI=1S/C13H26N2O4S/c1-11-13(16,8-9-19-11)10-14-20(17,18)15(2)12-6-4-3-5-7-12/h11-12,14,16H,3-10H2,1-2H3. The lowest BCUT2D eigenvalue weighted by Crippen LogP contribution is -2.52. The fourth-order valence-electron chi connectivity index (χ4n) is 2.96. The highest BCUT2D eigenvalue weighted by atomic mass is 32.2. The molecular weight excluding hydrogens is 280 g/mol. The highest BCUT2D eigenvalue weighted by Gasteiger charge is 2.41. The van der Waals surface area contributed by atoms with E-state index in [1.807, 2.05) is 0 Å². The predicted octanol–water partition coefficient (Wildman–Crippen LogP) is 0.625. The van der Waals surface area contributed by atoms with Crippen LogP contribution in [0.2, 0.25) is 0 Å². The van der Waals surface area contributed by atoms with Crippen LogP contribution in [0.4, 0.5) is 0 Å². The second kappa shape index (κ2) is 6.27. The fraction of sp³-hybridized carbons (Fsp3) is 1.00. The summed E-state index contributed by atoms with van der Waals surface area (Å²) in [6, 6.07) is 0.0770. The SMILES string of the molecule is CC1OCCC1(O)CNS(=O)(=O)N(C)C1CCCCC1. The second-order valence-corrected chi connectivity index (χ2v) is 7.82. The molecule has 6 nitrogen and oxygen atoms in total. The average Bonchev–Trinajstić information content (AvgIpc) is 2.77. The van der Waals surface area contributed by atoms with E-state index in [1.54, 1.807) is 14.0 Å². The van der Waals surface area contributed by atoms with Crippen LogP contribution in [0.15, 0.2) is 0 Å². The Morgan fingerprint density at radius 2 is 2.00 bits per heavy atom. The molecule has 0 amide bonds. The van der Waals surface area contributed by atoms with E-state index in [2.05, 4.69) is 4.72 Å². The zero-order valence-corrected chi connectivity index (χ0v) is 13.2. The summed E-state index contributed by atoms with van der Waals surface area (Å²) in [5.41, 5.74) is -1.10. The fourth-order valence-corrected chi connectivity index (χ4v) is 4.20. The number of nitrogens with zero attached hydrogens (tertiary/aromatic N) is 1. The Morgan fingerprint density at radius 3 is 2.55 bits per heavy atom. The normalized spacial score (nSPS) is 32.9. The first-order valence-corrected chi connectivity index (χ1v) is 8.86. The second-order valence-electron chi connectivity index (χ2n) is 6.00. The van der Waals surface area contributed by atoms with E-state index < -0.39 is 15.8 Å². The first-order valence-electron chi connectivity index (χ1n) is 7.42. The Labute approximate surface area is 121 Å². The van der Waals surface area contributed by atoms with Gasteiger partial charge >= 0.3 is 0 Å². The molecule has 0 radical (unpaired) electrons. The molecule has 1 saturated carbocycles. The summed E-state index contributed by atoms with van der Waals surface area (Å²) in [6.45, 7) is 2.25. The van der Waals surface area contributed by atoms with Gasteiger partial charge in [0.15, 0.2) is 0 Å². The molecule has 2 unspecified atom stereocenters. The minimum Gasteiger partial charge on any atom is -0.386 e. The van der Waals surface area contributed by atoms with Gasteiger partial charge in [0.1, 0.15) is 5.60 Å². The van der Waals surface area contributed by atoms with E-state index in [0.717, 1.165) is 25.7 Å². The quantitative estimate of drug-likeness (QED) is 0.781. The van der Waals surface area contributed by atoms with Gasteiger partial charge in [0.05, 0.1) is 6.10 Å². The summed E-state index contributed by atoms with van der Waals surface area (Å²) in [6.07, 6.45) is 5.31. The number of rotatable bonds is 5. The zero-order chi connectivity index (χ0) is 14.8. The number of aliphatic hydroxyl groups is 1. The summed E-state index contributed by atoms with van der Waals surface area (Å²) < 4.78 is 33.9. The van der Waals surface area contributed by atoms with Crippen LogP contribution < -0.4 is 4.72 Å². The number of hydrogen-bond acceptors (Lipinski definition) is 4. The summed E-state index contributed by atoms with van der Waals surface area (Å²) in [7, 11) is -1.92. The van der Waals surface area contributed by atoms with Crippen molar-refractivity contribution in [3.63, 3.8) is 0 Å². The highest BCUT2D eigenvalue weighted by molar-refractivity contribution is 7.87. The van der Waals surface area contributed by atoms with Gasteiger partial charge in [0, 0.05) is 32.7 Å². The molecule has 2 N–H and O–H groups in total. The van der Waals surface area contributed by atoms with E-state index in [1.165, 1.54) is 10.7 Å². The Bertz CT molecular complexity index is 422. The van der Waals surface area contributed by atoms with Gasteiger partial charge in [-0.05, 0) is 19.8 Å². The Kier molecular flexibility index (Phi) is 5.07. The lowest BCUT2D eigenvalue weighted by molar-refractivity contribution is -0.0230. The van der Waals surface area contributed by atoms with Crippen molar-refractivity contribution in [1.82, 2.24) is 9.03 Å². The molecule has 1 saturated heterocycles. The first-order chi connectivity index (χ1) is 9.35. The molecule has 7 heteroatoms. The average molecular weight is 306 g/mol. The molecule has 0 bridgehead atoms. The van der Waals surface area contributed by atoms with E-state index >= 15 is 0 Å². The lowest BCUT2D eigenvalue weighted by Gasteiger charge is -2.32. The van der Waals surface area contributed by atoms with Crippen molar-refractivity contribution in [3.05, 3.63) is 0 Å². The van der Waals surface area contributed by atoms with Gasteiger partial charge in [0.25, 0.3) is 10.2 Å². The minimum absolute atomic E-state index is 0.00750. The van der Waals surface area contributed by atoms with E-state index in [9.17, 15) is 13.5 Å². The third kappa shape index (κ3) is 3.51. The van der Waals surface area contributed by atoms with E-state index in [-0.39, 0.29) is 18.7 Å². The van der Waals surface area contributed by atoms with Gasteiger partial charge in [-0.1, -0.05) is 19.3 Å². The monoisotopic (exact) mass is 306 g/mol. The largest absolute Gasteiger partial charge is 0.386 e. The maximum Gasteiger partial charge on any atom is 0.279 e. The van der Waals surface area contributed by atoms with Crippen molar-refractivity contribution < 1.29 is 18.3 Å². The topological polar surface area (TPSA) is 78.9 Å². The molecule has 0 aromatic heterocycles. The smallest absolute Gasteiger partial charge is 0.279 e. The molecule has 118 valence electrons. The number of hydrogen-bond donors (Lipinski definition) is 2. The maximum absolute atomic E-state index is 12.3. The molecule has 1 aliphatic heterocycles. The zero-order valence-electron chi connectivity index (χ0n) is 12.3. The van der Waals surface area contributed by atoms with Gasteiger partial charge < -0.3 is 9.84 Å². The van der Waals surface area contributed by atoms with E-state index in [0.29, 0.717) is 13.0 Å². The maximum atomic E-state index is 12.3. The van der Waals surface area contributed by atoms with Crippen LogP contribution in [0.5, 0.6) is 0 Å². The highest BCUT2D eigenvalue weighted by Crippen LogP contribution is 2.26. The van der Waals surface area contributed by atoms with Crippen LogP contribution in [0.1, 0.15) is 45.4 Å². The Hall–Kier alpha value is -0.210. The molecular formula is C13H26N2O4S. The summed E-state index contributed by atoms with van der Waals surface area (Å²) >= 11 is 0. The van der Waals surface area contributed by atoms with Gasteiger partial charge in [0.2, 0.25) is 0 Å². The molecule has 1 aliphatic carbocycles. The molecule has 1 heterocycles. The van der Waals surface area contributed by atoms with Crippen LogP contribution in [0, 0.1) is 0 Å². The van der Waals surface area contributed by atoms with Gasteiger partial charge in [-0.2, -0.15) is 17.4 Å². The summed E-state index contributed by atoms with van der Waals surface area (Å²) in [5.74, 6) is 0. The molecule has 2 fully saturated rings. The van der Waals surface area contributed by atoms with Crippen molar-refractivity contribution in [2.75, 3.05) is 20.2 Å². The van der Waals surface area contributed by atoms with Crippen molar-refractivity contribution in [3.8, 4) is 0 Å². The molecule has 0 aromatic rings.